The summed E-state index contributed by atoms with van der Waals surface area (Å²) in [6.45, 7) is 0. The minimum atomic E-state index is -0.391. The third-order valence-corrected chi connectivity index (χ3v) is 2.70. The predicted molar refractivity (Wildman–Crippen MR) is 63.9 cm³/mol. The molecule has 0 N–H and O–H groups in total. The second-order valence-electron chi connectivity index (χ2n) is 3.69. The highest BCUT2D eigenvalue weighted by atomic mass is 16.5. The van der Waals surface area contributed by atoms with Crippen LogP contribution in [0.4, 0.5) is 0 Å². The van der Waals surface area contributed by atoms with Gasteiger partial charge in [0.1, 0.15) is 0 Å². The maximum atomic E-state index is 11.3. The fourth-order valence-corrected chi connectivity index (χ4v) is 1.83. The van der Waals surface area contributed by atoms with Crippen LogP contribution < -0.4 is 4.74 Å². The van der Waals surface area contributed by atoms with Gasteiger partial charge in [0, 0.05) is 16.5 Å². The van der Waals surface area contributed by atoms with E-state index in [1.54, 1.807) is 12.1 Å². The first-order valence-corrected chi connectivity index (χ1v) is 5.30. The Balaban J connectivity index is 2.61. The Kier molecular flexibility index (Phi) is 3.32. The molecule has 0 aliphatic carbocycles. The van der Waals surface area contributed by atoms with Crippen molar-refractivity contribution in [3.8, 4) is 5.75 Å². The number of esters is 1. The van der Waals surface area contributed by atoms with Gasteiger partial charge in [-0.15, -0.1) is 0 Å². The van der Waals surface area contributed by atoms with Gasteiger partial charge in [0.2, 0.25) is 0 Å². The van der Waals surface area contributed by atoms with Crippen molar-refractivity contribution in [1.29, 1.82) is 0 Å². The number of aldehydes is 1. The molecule has 0 atom stereocenters. The van der Waals surface area contributed by atoms with E-state index in [0.717, 1.165) is 6.29 Å². The molecule has 0 unspecified atom stereocenters. The highest BCUT2D eigenvalue weighted by Gasteiger charge is 2.17. The van der Waals surface area contributed by atoms with E-state index in [9.17, 15) is 9.59 Å². The zero-order valence-corrected chi connectivity index (χ0v) is 10.1. The van der Waals surface area contributed by atoms with Crippen LogP contribution in [0.2, 0.25) is 0 Å². The summed E-state index contributed by atoms with van der Waals surface area (Å²) in [4.78, 5) is 22.3. The van der Waals surface area contributed by atoms with E-state index in [4.69, 9.17) is 9.15 Å². The van der Waals surface area contributed by atoms with E-state index in [-0.39, 0.29) is 6.42 Å². The van der Waals surface area contributed by atoms with E-state index in [0.29, 0.717) is 27.8 Å². The number of rotatable bonds is 4. The maximum absolute atomic E-state index is 11.3. The van der Waals surface area contributed by atoms with E-state index in [1.165, 1.54) is 20.5 Å². The van der Waals surface area contributed by atoms with Crippen LogP contribution in [0, 0.1) is 0 Å². The summed E-state index contributed by atoms with van der Waals surface area (Å²) in [7, 11) is 2.82. The van der Waals surface area contributed by atoms with E-state index < -0.39 is 5.97 Å². The number of hydrogen-bond donors (Lipinski definition) is 0. The molecule has 2 rings (SSSR count). The van der Waals surface area contributed by atoms with Crippen molar-refractivity contribution in [2.75, 3.05) is 14.2 Å². The van der Waals surface area contributed by atoms with Crippen LogP contribution >= 0.6 is 0 Å². The Bertz CT molecular complexity index is 597. The highest BCUT2D eigenvalue weighted by Crippen LogP contribution is 2.32. The first kappa shape index (κ1) is 12.2. The summed E-state index contributed by atoms with van der Waals surface area (Å²) in [5, 5.41) is 0.592. The number of furan rings is 1. The lowest BCUT2D eigenvalue weighted by atomic mass is 10.0. The number of carbonyl (C=O) groups excluding carboxylic acids is 2. The molecule has 0 saturated carbocycles. The van der Waals surface area contributed by atoms with Crippen molar-refractivity contribution in [3.63, 3.8) is 0 Å². The molecule has 0 saturated heterocycles. The molecule has 0 aliphatic rings. The summed E-state index contributed by atoms with van der Waals surface area (Å²) in [6, 6.07) is 3.28. The van der Waals surface area contributed by atoms with Gasteiger partial charge in [0.05, 0.1) is 26.9 Å². The normalized spacial score (nSPS) is 10.3. The van der Waals surface area contributed by atoms with Crippen LogP contribution in [-0.2, 0) is 16.0 Å². The highest BCUT2D eigenvalue weighted by molar-refractivity contribution is 6.01. The number of carbonyl (C=O) groups is 2. The molecule has 1 aromatic heterocycles. The first-order chi connectivity index (χ1) is 8.71. The molecular weight excluding hydrogens is 236 g/mol. The molecule has 0 aliphatic heterocycles. The van der Waals surface area contributed by atoms with Gasteiger partial charge in [-0.25, -0.2) is 0 Å². The van der Waals surface area contributed by atoms with Crippen molar-refractivity contribution >= 4 is 23.2 Å². The summed E-state index contributed by atoms with van der Waals surface area (Å²) >= 11 is 0. The van der Waals surface area contributed by atoms with Crippen LogP contribution in [0.5, 0.6) is 5.75 Å². The number of benzene rings is 1. The van der Waals surface area contributed by atoms with Gasteiger partial charge >= 0.3 is 5.97 Å². The monoisotopic (exact) mass is 248 g/mol. The zero-order valence-electron chi connectivity index (χ0n) is 10.1. The fraction of sp³-hybridized carbons (Fsp3) is 0.231. The molecule has 2 aromatic rings. The topological polar surface area (TPSA) is 65.7 Å². The molecule has 0 fully saturated rings. The molecule has 0 bridgehead atoms. The predicted octanol–water partition coefficient (Wildman–Crippen LogP) is 1.97. The van der Waals surface area contributed by atoms with Crippen molar-refractivity contribution < 1.29 is 23.5 Å². The smallest absolute Gasteiger partial charge is 0.310 e. The Morgan fingerprint density at radius 1 is 1.39 bits per heavy atom. The van der Waals surface area contributed by atoms with Crippen LogP contribution in [0.1, 0.15) is 15.9 Å². The summed E-state index contributed by atoms with van der Waals surface area (Å²) in [5.41, 5.74) is 1.53. The third-order valence-electron chi connectivity index (χ3n) is 2.70. The minimum absolute atomic E-state index is 0.0531. The van der Waals surface area contributed by atoms with E-state index in [1.807, 2.05) is 0 Å². The zero-order chi connectivity index (χ0) is 13.1. The summed E-state index contributed by atoms with van der Waals surface area (Å²) in [5.74, 6) is 0.129. The van der Waals surface area contributed by atoms with E-state index >= 15 is 0 Å². The molecule has 0 radical (unpaired) electrons. The lowest BCUT2D eigenvalue weighted by molar-refractivity contribution is -0.139. The molecule has 18 heavy (non-hydrogen) atoms. The SMILES string of the molecule is COC(=O)Cc1coc2c(OC)ccc(C=O)c12. The van der Waals surface area contributed by atoms with Crippen LogP contribution in [0.3, 0.4) is 0 Å². The van der Waals surface area contributed by atoms with Crippen molar-refractivity contribution in [2.45, 2.75) is 6.42 Å². The van der Waals surface area contributed by atoms with Gasteiger partial charge < -0.3 is 13.9 Å². The van der Waals surface area contributed by atoms with Gasteiger partial charge in [-0.3, -0.25) is 9.59 Å². The lowest BCUT2D eigenvalue weighted by Gasteiger charge is -2.03. The minimum Gasteiger partial charge on any atom is -0.493 e. The molecular formula is C13H12O5. The van der Waals surface area contributed by atoms with E-state index in [2.05, 4.69) is 4.74 Å². The number of methoxy groups -OCH3 is 2. The van der Waals surface area contributed by atoms with Crippen molar-refractivity contribution in [2.24, 2.45) is 0 Å². The average molecular weight is 248 g/mol. The second kappa shape index (κ2) is 4.91. The average Bonchev–Trinajstić information content (AvgIpc) is 2.81. The summed E-state index contributed by atoms with van der Waals surface area (Å²) < 4.78 is 15.1. The van der Waals surface area contributed by atoms with Gasteiger partial charge in [0.15, 0.2) is 17.6 Å². The van der Waals surface area contributed by atoms with Crippen LogP contribution in [0.25, 0.3) is 11.0 Å². The Hall–Kier alpha value is -2.30. The summed E-state index contributed by atoms with van der Waals surface area (Å²) in [6.07, 6.45) is 2.21. The Morgan fingerprint density at radius 3 is 2.78 bits per heavy atom. The maximum Gasteiger partial charge on any atom is 0.310 e. The van der Waals surface area contributed by atoms with Gasteiger partial charge in [-0.2, -0.15) is 0 Å². The Labute approximate surface area is 103 Å². The first-order valence-electron chi connectivity index (χ1n) is 5.30. The largest absolute Gasteiger partial charge is 0.493 e. The standard InChI is InChI=1S/C13H12O5/c1-16-10-4-3-8(6-14)12-9(5-11(15)17-2)7-18-13(10)12/h3-4,6-7H,5H2,1-2H3. The molecule has 94 valence electrons. The lowest BCUT2D eigenvalue weighted by Crippen LogP contribution is -2.04. The third kappa shape index (κ3) is 1.95. The van der Waals surface area contributed by atoms with Gasteiger partial charge in [0.25, 0.3) is 0 Å². The molecule has 1 heterocycles. The molecule has 0 amide bonds. The van der Waals surface area contributed by atoms with Gasteiger partial charge in [-0.1, -0.05) is 0 Å². The quantitative estimate of drug-likeness (QED) is 0.611. The van der Waals surface area contributed by atoms with Crippen LogP contribution in [0.15, 0.2) is 22.8 Å². The molecule has 0 spiro atoms. The van der Waals surface area contributed by atoms with Gasteiger partial charge in [-0.05, 0) is 12.1 Å². The van der Waals surface area contributed by atoms with Crippen molar-refractivity contribution in [3.05, 3.63) is 29.5 Å². The number of ether oxygens (including phenoxy) is 2. The molecule has 5 nitrogen and oxygen atoms in total. The molecule has 5 heteroatoms. The Morgan fingerprint density at radius 2 is 2.17 bits per heavy atom. The van der Waals surface area contributed by atoms with Crippen molar-refractivity contribution in [1.82, 2.24) is 0 Å². The molecule has 1 aromatic carbocycles. The van der Waals surface area contributed by atoms with Crippen LogP contribution in [-0.4, -0.2) is 26.5 Å². The number of hydrogen-bond acceptors (Lipinski definition) is 5. The second-order valence-corrected chi connectivity index (χ2v) is 3.69. The fourth-order valence-electron chi connectivity index (χ4n) is 1.83. The number of fused-ring (bicyclic) bond motifs is 1.